The molecule has 2 rings (SSSR count). The number of piperidine rings is 1. The minimum absolute atomic E-state index is 0.368. The average molecular weight is 310 g/mol. The van der Waals surface area contributed by atoms with Crippen LogP contribution in [0.25, 0.3) is 0 Å². The van der Waals surface area contributed by atoms with E-state index in [1.807, 2.05) is 19.9 Å². The predicted molar refractivity (Wildman–Crippen MR) is 85.6 cm³/mol. The molecule has 0 aromatic heterocycles. The number of nitrogens with zero attached hydrogens (tertiary/aromatic N) is 1. The van der Waals surface area contributed by atoms with Crippen LogP contribution in [0.4, 0.5) is 0 Å². The van der Waals surface area contributed by atoms with E-state index in [2.05, 4.69) is 6.92 Å². The van der Waals surface area contributed by atoms with Crippen molar-refractivity contribution in [3.63, 3.8) is 0 Å². The van der Waals surface area contributed by atoms with Crippen molar-refractivity contribution in [1.82, 2.24) is 4.31 Å². The Hall–Kier alpha value is -0.910. The summed E-state index contributed by atoms with van der Waals surface area (Å²) in [7, 11) is -3.40. The van der Waals surface area contributed by atoms with E-state index < -0.39 is 10.0 Å². The van der Waals surface area contributed by atoms with Crippen molar-refractivity contribution >= 4 is 10.0 Å². The fourth-order valence-corrected chi connectivity index (χ4v) is 4.80. The molecule has 0 radical (unpaired) electrons. The summed E-state index contributed by atoms with van der Waals surface area (Å²) >= 11 is 0. The largest absolute Gasteiger partial charge is 0.326 e. The highest BCUT2D eigenvalue weighted by atomic mass is 32.2. The molecule has 1 aliphatic rings. The zero-order chi connectivity index (χ0) is 15.6. The summed E-state index contributed by atoms with van der Waals surface area (Å²) in [5, 5.41) is 0. The van der Waals surface area contributed by atoms with E-state index in [4.69, 9.17) is 5.73 Å². The van der Waals surface area contributed by atoms with Gasteiger partial charge in [0, 0.05) is 19.6 Å². The molecule has 0 atom stereocenters. The summed E-state index contributed by atoms with van der Waals surface area (Å²) in [4.78, 5) is 0.420. The Morgan fingerprint density at radius 3 is 2.33 bits per heavy atom. The van der Waals surface area contributed by atoms with E-state index in [1.54, 1.807) is 10.4 Å². The third-order valence-electron chi connectivity index (χ3n) is 4.62. The van der Waals surface area contributed by atoms with Gasteiger partial charge in [-0.05, 0) is 55.4 Å². The molecule has 0 unspecified atom stereocenters. The number of benzene rings is 1. The molecule has 1 heterocycles. The van der Waals surface area contributed by atoms with E-state index in [0.717, 1.165) is 36.0 Å². The van der Waals surface area contributed by atoms with E-state index in [0.29, 0.717) is 30.4 Å². The van der Waals surface area contributed by atoms with Crippen LogP contribution in [0.5, 0.6) is 0 Å². The van der Waals surface area contributed by atoms with Gasteiger partial charge in [-0.2, -0.15) is 4.31 Å². The summed E-state index contributed by atoms with van der Waals surface area (Å²) in [5.41, 5.74) is 8.49. The van der Waals surface area contributed by atoms with Crippen molar-refractivity contribution in [2.75, 3.05) is 13.1 Å². The van der Waals surface area contributed by atoms with E-state index >= 15 is 0 Å². The topological polar surface area (TPSA) is 63.4 Å². The second-order valence-electron chi connectivity index (χ2n) is 6.00. The summed E-state index contributed by atoms with van der Waals surface area (Å²) in [6.45, 7) is 7.63. The van der Waals surface area contributed by atoms with Crippen LogP contribution in [0.1, 0.15) is 42.9 Å². The van der Waals surface area contributed by atoms with Gasteiger partial charge in [0.05, 0.1) is 4.90 Å². The van der Waals surface area contributed by atoms with Gasteiger partial charge in [0.2, 0.25) is 10.0 Å². The van der Waals surface area contributed by atoms with Gasteiger partial charge in [-0.25, -0.2) is 8.42 Å². The van der Waals surface area contributed by atoms with Crippen molar-refractivity contribution in [2.45, 2.75) is 51.5 Å². The molecule has 0 amide bonds. The van der Waals surface area contributed by atoms with Crippen molar-refractivity contribution in [3.8, 4) is 0 Å². The Labute approximate surface area is 128 Å². The molecular formula is C16H26N2O2S. The Morgan fingerprint density at radius 1 is 1.19 bits per heavy atom. The summed E-state index contributed by atoms with van der Waals surface area (Å²) in [5.74, 6) is 0.662. The molecule has 2 N–H and O–H groups in total. The zero-order valence-corrected chi connectivity index (χ0v) is 14.0. The second kappa shape index (κ2) is 6.46. The van der Waals surface area contributed by atoms with Crippen molar-refractivity contribution in [1.29, 1.82) is 0 Å². The maximum atomic E-state index is 12.9. The van der Waals surface area contributed by atoms with Crippen LogP contribution in [0.15, 0.2) is 17.0 Å². The number of aryl methyl sites for hydroxylation is 2. The van der Waals surface area contributed by atoms with E-state index in [9.17, 15) is 8.42 Å². The lowest BCUT2D eigenvalue weighted by atomic mass is 9.96. The first kappa shape index (κ1) is 16.5. The van der Waals surface area contributed by atoms with Crippen molar-refractivity contribution < 1.29 is 8.42 Å². The monoisotopic (exact) mass is 310 g/mol. The fraction of sp³-hybridized carbons (Fsp3) is 0.625. The number of nitrogens with two attached hydrogens (primary N) is 1. The van der Waals surface area contributed by atoms with Gasteiger partial charge in [-0.15, -0.1) is 0 Å². The number of hydrogen-bond acceptors (Lipinski definition) is 3. The highest BCUT2D eigenvalue weighted by Crippen LogP contribution is 2.28. The van der Waals surface area contributed by atoms with Crippen LogP contribution in [0, 0.1) is 19.8 Å². The summed E-state index contributed by atoms with van der Waals surface area (Å²) in [6.07, 6.45) is 3.06. The third-order valence-corrected chi connectivity index (χ3v) is 6.66. The number of sulfonamides is 1. The van der Waals surface area contributed by atoms with Crippen LogP contribution in [0.3, 0.4) is 0 Å². The lowest BCUT2D eigenvalue weighted by molar-refractivity contribution is 0.269. The minimum Gasteiger partial charge on any atom is -0.326 e. The normalized spacial score (nSPS) is 18.1. The minimum atomic E-state index is -3.40. The Kier molecular flexibility index (Phi) is 5.07. The summed E-state index contributed by atoms with van der Waals surface area (Å²) in [6, 6.07) is 3.68. The number of hydrogen-bond donors (Lipinski definition) is 1. The van der Waals surface area contributed by atoms with Gasteiger partial charge in [0.1, 0.15) is 0 Å². The lowest BCUT2D eigenvalue weighted by Gasteiger charge is -2.31. The van der Waals surface area contributed by atoms with Crippen LogP contribution >= 0.6 is 0 Å². The standard InChI is InChI=1S/C16H26N2O2S/c1-4-14-5-7-18(8-6-14)21(19,20)16-10-15(11-17)12(2)9-13(16)3/h9-10,14H,4-8,11,17H2,1-3H3. The second-order valence-corrected chi connectivity index (χ2v) is 7.91. The van der Waals surface area contributed by atoms with Crippen molar-refractivity contribution in [2.24, 2.45) is 11.7 Å². The fourth-order valence-electron chi connectivity index (χ4n) is 3.07. The zero-order valence-electron chi connectivity index (χ0n) is 13.2. The van der Waals surface area contributed by atoms with Crippen LogP contribution in [-0.4, -0.2) is 25.8 Å². The molecule has 0 bridgehead atoms. The molecule has 1 saturated heterocycles. The molecule has 1 aromatic rings. The lowest BCUT2D eigenvalue weighted by Crippen LogP contribution is -2.38. The average Bonchev–Trinajstić information content (AvgIpc) is 2.47. The quantitative estimate of drug-likeness (QED) is 0.929. The number of rotatable bonds is 4. The SMILES string of the molecule is CCC1CCN(S(=O)(=O)c2cc(CN)c(C)cc2C)CC1. The maximum Gasteiger partial charge on any atom is 0.243 e. The third kappa shape index (κ3) is 3.30. The highest BCUT2D eigenvalue weighted by Gasteiger charge is 2.30. The Morgan fingerprint density at radius 2 is 1.81 bits per heavy atom. The van der Waals surface area contributed by atoms with E-state index in [-0.39, 0.29) is 0 Å². The Bertz CT molecular complexity index is 603. The summed E-state index contributed by atoms with van der Waals surface area (Å²) < 4.78 is 27.4. The van der Waals surface area contributed by atoms with Crippen LogP contribution in [-0.2, 0) is 16.6 Å². The molecule has 5 heteroatoms. The molecule has 118 valence electrons. The van der Waals surface area contributed by atoms with Gasteiger partial charge in [-0.1, -0.05) is 19.4 Å². The van der Waals surface area contributed by atoms with E-state index in [1.165, 1.54) is 0 Å². The van der Waals surface area contributed by atoms with Gasteiger partial charge < -0.3 is 5.73 Å². The van der Waals surface area contributed by atoms with Gasteiger partial charge in [0.15, 0.2) is 0 Å². The molecule has 4 nitrogen and oxygen atoms in total. The molecule has 1 aliphatic heterocycles. The van der Waals surface area contributed by atoms with Crippen molar-refractivity contribution in [3.05, 3.63) is 28.8 Å². The van der Waals surface area contributed by atoms with Gasteiger partial charge in [0.25, 0.3) is 0 Å². The molecule has 21 heavy (non-hydrogen) atoms. The maximum absolute atomic E-state index is 12.9. The first-order valence-corrected chi connectivity index (χ1v) is 9.14. The first-order valence-electron chi connectivity index (χ1n) is 7.70. The molecule has 1 aromatic carbocycles. The highest BCUT2D eigenvalue weighted by molar-refractivity contribution is 7.89. The van der Waals surface area contributed by atoms with Crippen LogP contribution < -0.4 is 5.73 Å². The molecular weight excluding hydrogens is 284 g/mol. The predicted octanol–water partition coefficient (Wildman–Crippen LogP) is 2.57. The van der Waals surface area contributed by atoms with Crippen LogP contribution in [0.2, 0.25) is 0 Å². The van der Waals surface area contributed by atoms with Gasteiger partial charge >= 0.3 is 0 Å². The molecule has 0 spiro atoms. The van der Waals surface area contributed by atoms with Gasteiger partial charge in [-0.3, -0.25) is 0 Å². The molecule has 1 fully saturated rings. The smallest absolute Gasteiger partial charge is 0.243 e. The molecule has 0 saturated carbocycles. The first-order chi connectivity index (χ1) is 9.90. The molecule has 0 aliphatic carbocycles. The Balaban J connectivity index is 2.32.